The number of nitrogens with zero attached hydrogens (tertiary/aromatic N) is 1. The predicted molar refractivity (Wildman–Crippen MR) is 79.6 cm³/mol. The highest BCUT2D eigenvalue weighted by Crippen LogP contribution is 2.31. The Morgan fingerprint density at radius 1 is 1.25 bits per heavy atom. The van der Waals surface area contributed by atoms with E-state index < -0.39 is 6.04 Å². The SMILES string of the molecule is Cc1cc(F)cc(NC(C#N)c2cccc(Cl)c2Cl)c1. The summed E-state index contributed by atoms with van der Waals surface area (Å²) in [6.45, 7) is 1.78. The lowest BCUT2D eigenvalue weighted by atomic mass is 10.1. The number of hydrogen-bond acceptors (Lipinski definition) is 2. The molecule has 0 heterocycles. The number of halogens is 3. The van der Waals surface area contributed by atoms with Crippen LogP contribution in [-0.4, -0.2) is 0 Å². The molecule has 0 aliphatic carbocycles. The first-order chi connectivity index (χ1) is 9.51. The summed E-state index contributed by atoms with van der Waals surface area (Å²) >= 11 is 12.0. The first-order valence-electron chi connectivity index (χ1n) is 5.88. The number of anilines is 1. The van der Waals surface area contributed by atoms with Crippen molar-refractivity contribution in [1.29, 1.82) is 5.26 Å². The van der Waals surface area contributed by atoms with Crippen molar-refractivity contribution in [1.82, 2.24) is 0 Å². The molecule has 20 heavy (non-hydrogen) atoms. The molecule has 1 unspecified atom stereocenters. The van der Waals surface area contributed by atoms with Crippen LogP contribution in [0.4, 0.5) is 10.1 Å². The number of nitrogens with one attached hydrogen (secondary N) is 1. The number of rotatable bonds is 3. The first kappa shape index (κ1) is 14.6. The molecule has 2 nitrogen and oxygen atoms in total. The normalized spacial score (nSPS) is 11.8. The largest absolute Gasteiger partial charge is 0.366 e. The van der Waals surface area contributed by atoms with Gasteiger partial charge in [0.1, 0.15) is 11.9 Å². The average molecular weight is 309 g/mol. The van der Waals surface area contributed by atoms with Crippen LogP contribution < -0.4 is 5.32 Å². The summed E-state index contributed by atoms with van der Waals surface area (Å²) in [6.07, 6.45) is 0. The maximum absolute atomic E-state index is 13.4. The lowest BCUT2D eigenvalue weighted by molar-refractivity contribution is 0.627. The fourth-order valence-corrected chi connectivity index (χ4v) is 2.33. The van der Waals surface area contributed by atoms with Gasteiger partial charge in [-0.25, -0.2) is 4.39 Å². The van der Waals surface area contributed by atoms with E-state index in [9.17, 15) is 9.65 Å². The fourth-order valence-electron chi connectivity index (χ4n) is 1.91. The van der Waals surface area contributed by atoms with Crippen molar-refractivity contribution in [2.24, 2.45) is 0 Å². The van der Waals surface area contributed by atoms with Crippen LogP contribution in [0.3, 0.4) is 0 Å². The molecule has 0 spiro atoms. The number of benzene rings is 2. The lowest BCUT2D eigenvalue weighted by Gasteiger charge is -2.15. The second kappa shape index (κ2) is 6.13. The van der Waals surface area contributed by atoms with Gasteiger partial charge in [0, 0.05) is 11.3 Å². The lowest BCUT2D eigenvalue weighted by Crippen LogP contribution is -2.09. The van der Waals surface area contributed by atoms with E-state index >= 15 is 0 Å². The molecule has 1 N–H and O–H groups in total. The van der Waals surface area contributed by atoms with Crippen LogP contribution in [0.1, 0.15) is 17.2 Å². The van der Waals surface area contributed by atoms with Gasteiger partial charge < -0.3 is 5.32 Å². The van der Waals surface area contributed by atoms with Gasteiger partial charge >= 0.3 is 0 Å². The highest BCUT2D eigenvalue weighted by atomic mass is 35.5. The smallest absolute Gasteiger partial charge is 0.141 e. The highest BCUT2D eigenvalue weighted by molar-refractivity contribution is 6.42. The van der Waals surface area contributed by atoms with Crippen LogP contribution in [0, 0.1) is 24.1 Å². The van der Waals surface area contributed by atoms with E-state index in [2.05, 4.69) is 11.4 Å². The molecule has 102 valence electrons. The van der Waals surface area contributed by atoms with Gasteiger partial charge in [-0.05, 0) is 36.8 Å². The van der Waals surface area contributed by atoms with Gasteiger partial charge in [-0.3, -0.25) is 0 Å². The van der Waals surface area contributed by atoms with Crippen LogP contribution >= 0.6 is 23.2 Å². The third-order valence-corrected chi connectivity index (χ3v) is 3.61. The van der Waals surface area contributed by atoms with Crippen LogP contribution in [0.25, 0.3) is 0 Å². The Labute approximate surface area is 126 Å². The molecule has 0 bridgehead atoms. The zero-order valence-electron chi connectivity index (χ0n) is 10.6. The van der Waals surface area contributed by atoms with Gasteiger partial charge in [0.05, 0.1) is 16.1 Å². The van der Waals surface area contributed by atoms with Gasteiger partial charge in [0.25, 0.3) is 0 Å². The summed E-state index contributed by atoms with van der Waals surface area (Å²) < 4.78 is 13.4. The maximum atomic E-state index is 13.4. The van der Waals surface area contributed by atoms with E-state index in [4.69, 9.17) is 23.2 Å². The average Bonchev–Trinajstić information content (AvgIpc) is 2.38. The van der Waals surface area contributed by atoms with Crippen molar-refractivity contribution in [2.75, 3.05) is 5.32 Å². The molecule has 2 aromatic carbocycles. The van der Waals surface area contributed by atoms with E-state index in [0.717, 1.165) is 5.56 Å². The Hall–Kier alpha value is -1.76. The quantitative estimate of drug-likeness (QED) is 0.854. The van der Waals surface area contributed by atoms with E-state index in [1.807, 2.05) is 0 Å². The minimum absolute atomic E-state index is 0.321. The molecule has 0 radical (unpaired) electrons. The molecule has 5 heteroatoms. The molecule has 2 rings (SSSR count). The van der Waals surface area contributed by atoms with Crippen molar-refractivity contribution in [3.8, 4) is 6.07 Å². The van der Waals surface area contributed by atoms with Crippen LogP contribution in [0.15, 0.2) is 36.4 Å². The van der Waals surface area contributed by atoms with Gasteiger partial charge in [0.15, 0.2) is 0 Å². The molecular weight excluding hydrogens is 298 g/mol. The van der Waals surface area contributed by atoms with Gasteiger partial charge in [-0.1, -0.05) is 35.3 Å². The third-order valence-electron chi connectivity index (χ3n) is 2.77. The molecule has 0 saturated carbocycles. The zero-order valence-corrected chi connectivity index (χ0v) is 12.1. The summed E-state index contributed by atoms with van der Waals surface area (Å²) in [4.78, 5) is 0. The minimum atomic E-state index is -0.706. The molecular formula is C15H11Cl2FN2. The Morgan fingerprint density at radius 2 is 2.00 bits per heavy atom. The van der Waals surface area contributed by atoms with Gasteiger partial charge in [-0.15, -0.1) is 0 Å². The van der Waals surface area contributed by atoms with Gasteiger partial charge in [-0.2, -0.15) is 5.26 Å². The van der Waals surface area contributed by atoms with E-state index in [1.165, 1.54) is 12.1 Å². The Morgan fingerprint density at radius 3 is 2.65 bits per heavy atom. The molecule has 0 aromatic heterocycles. The molecule has 0 aliphatic heterocycles. The van der Waals surface area contributed by atoms with E-state index in [1.54, 1.807) is 31.2 Å². The number of hydrogen-bond donors (Lipinski definition) is 1. The van der Waals surface area contributed by atoms with Crippen LogP contribution in [0.2, 0.25) is 10.0 Å². The van der Waals surface area contributed by atoms with E-state index in [-0.39, 0.29) is 5.82 Å². The summed E-state index contributed by atoms with van der Waals surface area (Å²) in [5.41, 5.74) is 1.84. The van der Waals surface area contributed by atoms with Crippen molar-refractivity contribution >= 4 is 28.9 Å². The van der Waals surface area contributed by atoms with Crippen molar-refractivity contribution in [3.63, 3.8) is 0 Å². The molecule has 0 aliphatic rings. The Bertz CT molecular complexity index is 660. The summed E-state index contributed by atoms with van der Waals surface area (Å²) in [5.74, 6) is -0.360. The maximum Gasteiger partial charge on any atom is 0.141 e. The summed E-state index contributed by atoms with van der Waals surface area (Å²) in [6, 6.07) is 11.0. The fraction of sp³-hybridized carbons (Fsp3) is 0.133. The summed E-state index contributed by atoms with van der Waals surface area (Å²) in [5, 5.41) is 12.9. The van der Waals surface area contributed by atoms with Crippen molar-refractivity contribution < 1.29 is 4.39 Å². The second-order valence-electron chi connectivity index (χ2n) is 4.37. The Balaban J connectivity index is 2.34. The van der Waals surface area contributed by atoms with Crippen molar-refractivity contribution in [2.45, 2.75) is 13.0 Å². The van der Waals surface area contributed by atoms with Crippen molar-refractivity contribution in [3.05, 3.63) is 63.4 Å². The monoisotopic (exact) mass is 308 g/mol. The minimum Gasteiger partial charge on any atom is -0.366 e. The number of aryl methyl sites for hydroxylation is 1. The topological polar surface area (TPSA) is 35.8 Å². The standard InChI is InChI=1S/C15H11Cl2FN2/c1-9-5-10(18)7-11(6-9)20-14(8-19)12-3-2-4-13(16)15(12)17/h2-7,14,20H,1H3. The molecule has 2 aromatic rings. The zero-order chi connectivity index (χ0) is 14.7. The van der Waals surface area contributed by atoms with E-state index in [0.29, 0.717) is 21.3 Å². The molecule has 0 fully saturated rings. The molecule has 0 amide bonds. The first-order valence-corrected chi connectivity index (χ1v) is 6.64. The molecule has 0 saturated heterocycles. The molecule has 1 atom stereocenters. The van der Waals surface area contributed by atoms with Crippen LogP contribution in [0.5, 0.6) is 0 Å². The Kier molecular flexibility index (Phi) is 4.49. The highest BCUT2D eigenvalue weighted by Gasteiger charge is 2.16. The number of nitriles is 1. The third kappa shape index (κ3) is 3.22. The van der Waals surface area contributed by atoms with Crippen LogP contribution in [-0.2, 0) is 0 Å². The summed E-state index contributed by atoms with van der Waals surface area (Å²) in [7, 11) is 0. The predicted octanol–water partition coefficient (Wildman–Crippen LogP) is 5.12. The second-order valence-corrected chi connectivity index (χ2v) is 5.15. The van der Waals surface area contributed by atoms with Gasteiger partial charge in [0.2, 0.25) is 0 Å².